The van der Waals surface area contributed by atoms with Crippen LogP contribution in [0.25, 0.3) is 0 Å². The summed E-state index contributed by atoms with van der Waals surface area (Å²) >= 11 is 0. The Hall–Kier alpha value is -0.940. The van der Waals surface area contributed by atoms with E-state index in [1.807, 2.05) is 4.68 Å². The summed E-state index contributed by atoms with van der Waals surface area (Å²) in [7, 11) is 0. The van der Waals surface area contributed by atoms with Crippen LogP contribution in [0.15, 0.2) is 0 Å². The molecule has 1 aromatic heterocycles. The van der Waals surface area contributed by atoms with E-state index in [9.17, 15) is 5.11 Å². The average Bonchev–Trinajstić information content (AvgIpc) is 2.80. The molecule has 2 aliphatic heterocycles. The van der Waals surface area contributed by atoms with Crippen LogP contribution >= 0.6 is 0 Å². The summed E-state index contributed by atoms with van der Waals surface area (Å²) in [5.41, 5.74) is 0. The second-order valence-corrected chi connectivity index (χ2v) is 5.50. The molecule has 0 aromatic carbocycles. The van der Waals surface area contributed by atoms with Crippen molar-refractivity contribution in [3.8, 4) is 0 Å². The van der Waals surface area contributed by atoms with Crippen molar-refractivity contribution in [3.63, 3.8) is 0 Å². The van der Waals surface area contributed by atoms with Crippen LogP contribution in [0.1, 0.15) is 30.9 Å². The van der Waals surface area contributed by atoms with Crippen molar-refractivity contribution < 1.29 is 9.84 Å². The third-order valence-corrected chi connectivity index (χ3v) is 4.00. The molecule has 5 nitrogen and oxygen atoms in total. The Balaban J connectivity index is 1.65. The highest BCUT2D eigenvalue weighted by molar-refractivity contribution is 4.98. The Morgan fingerprint density at radius 2 is 2.28 bits per heavy atom. The van der Waals surface area contributed by atoms with Gasteiger partial charge in [0, 0.05) is 39.2 Å². The highest BCUT2D eigenvalue weighted by Crippen LogP contribution is 2.21. The monoisotopic (exact) mass is 251 g/mol. The van der Waals surface area contributed by atoms with Gasteiger partial charge in [0.25, 0.3) is 0 Å². The Morgan fingerprint density at radius 1 is 1.33 bits per heavy atom. The van der Waals surface area contributed by atoms with E-state index in [1.165, 1.54) is 6.42 Å². The molecule has 2 unspecified atom stereocenters. The van der Waals surface area contributed by atoms with Crippen molar-refractivity contribution in [2.45, 2.75) is 38.6 Å². The van der Waals surface area contributed by atoms with Gasteiger partial charge in [0.15, 0.2) is 5.82 Å². The first-order chi connectivity index (χ1) is 8.85. The first-order valence-corrected chi connectivity index (χ1v) is 6.96. The average molecular weight is 251 g/mol. The molecule has 3 heterocycles. The van der Waals surface area contributed by atoms with Crippen LogP contribution < -0.4 is 0 Å². The van der Waals surface area contributed by atoms with Crippen molar-refractivity contribution >= 4 is 0 Å². The summed E-state index contributed by atoms with van der Waals surface area (Å²) in [6.45, 7) is 2.92. The minimum Gasteiger partial charge on any atom is -0.396 e. The number of nitrogens with zero attached hydrogens (tertiary/aromatic N) is 3. The number of aliphatic hydroxyl groups excluding tert-OH is 1. The molecular formula is C13H21N3O2. The first-order valence-electron chi connectivity index (χ1n) is 6.96. The minimum absolute atomic E-state index is 0.263. The maximum Gasteiger partial charge on any atom is 0.151 e. The Kier molecular flexibility index (Phi) is 3.61. The van der Waals surface area contributed by atoms with Gasteiger partial charge in [-0.2, -0.15) is 5.10 Å². The zero-order valence-electron chi connectivity index (χ0n) is 10.7. The van der Waals surface area contributed by atoms with Crippen LogP contribution in [0, 0.1) is 11.8 Å². The lowest BCUT2D eigenvalue weighted by Crippen LogP contribution is -2.22. The van der Waals surface area contributed by atoms with Crippen molar-refractivity contribution in [2.24, 2.45) is 11.8 Å². The molecular weight excluding hydrogens is 230 g/mol. The number of ether oxygens (including phenoxy) is 1. The van der Waals surface area contributed by atoms with Gasteiger partial charge in [0.1, 0.15) is 5.82 Å². The molecule has 18 heavy (non-hydrogen) atoms. The molecule has 0 bridgehead atoms. The lowest BCUT2D eigenvalue weighted by Gasteiger charge is -2.20. The normalized spacial score (nSPS) is 28.1. The third kappa shape index (κ3) is 2.57. The van der Waals surface area contributed by atoms with E-state index in [0.29, 0.717) is 11.8 Å². The molecule has 2 atom stereocenters. The van der Waals surface area contributed by atoms with Crippen LogP contribution in [0.4, 0.5) is 0 Å². The zero-order valence-corrected chi connectivity index (χ0v) is 10.7. The number of fused-ring (bicyclic) bond motifs is 1. The Labute approximate surface area is 107 Å². The van der Waals surface area contributed by atoms with Crippen molar-refractivity contribution in [3.05, 3.63) is 11.6 Å². The Bertz CT molecular complexity index is 399. The van der Waals surface area contributed by atoms with E-state index >= 15 is 0 Å². The molecule has 1 N–H and O–H groups in total. The molecule has 0 radical (unpaired) electrons. The van der Waals surface area contributed by atoms with Gasteiger partial charge in [-0.1, -0.05) is 0 Å². The zero-order chi connectivity index (χ0) is 12.4. The second kappa shape index (κ2) is 5.36. The van der Waals surface area contributed by atoms with Crippen LogP contribution in [0.5, 0.6) is 0 Å². The fraction of sp³-hybridized carbons (Fsp3) is 0.846. The van der Waals surface area contributed by atoms with E-state index in [1.54, 1.807) is 0 Å². The molecule has 1 aromatic rings. The molecule has 0 saturated carbocycles. The molecule has 1 saturated heterocycles. The molecule has 0 aliphatic carbocycles. The molecule has 0 spiro atoms. The predicted octanol–water partition coefficient (Wildman–Crippen LogP) is 0.802. The molecule has 2 aliphatic rings. The van der Waals surface area contributed by atoms with Crippen LogP contribution in [0.3, 0.4) is 0 Å². The summed E-state index contributed by atoms with van der Waals surface area (Å²) in [5, 5.41) is 13.8. The van der Waals surface area contributed by atoms with Crippen molar-refractivity contribution in [1.29, 1.82) is 0 Å². The lowest BCUT2D eigenvalue weighted by atomic mass is 9.98. The second-order valence-electron chi connectivity index (χ2n) is 5.50. The third-order valence-electron chi connectivity index (χ3n) is 4.00. The lowest BCUT2D eigenvalue weighted by molar-refractivity contribution is 0.0543. The highest BCUT2D eigenvalue weighted by atomic mass is 16.5. The van der Waals surface area contributed by atoms with E-state index in [-0.39, 0.29) is 6.61 Å². The maximum atomic E-state index is 9.21. The quantitative estimate of drug-likeness (QED) is 0.863. The summed E-state index contributed by atoms with van der Waals surface area (Å²) < 4.78 is 7.51. The molecule has 0 amide bonds. The van der Waals surface area contributed by atoms with E-state index < -0.39 is 0 Å². The standard InChI is InChI=1S/C13H21N3O2/c17-8-10-3-4-16-13(7-10)14-12(15-16)6-11-2-1-5-18-9-11/h10-11,17H,1-9H2. The number of aryl methyl sites for hydroxylation is 1. The first kappa shape index (κ1) is 12.1. The van der Waals surface area contributed by atoms with Gasteiger partial charge in [0.05, 0.1) is 0 Å². The summed E-state index contributed by atoms with van der Waals surface area (Å²) in [6, 6.07) is 0. The Morgan fingerprint density at radius 3 is 3.06 bits per heavy atom. The fourth-order valence-corrected chi connectivity index (χ4v) is 2.89. The summed E-state index contributed by atoms with van der Waals surface area (Å²) in [4.78, 5) is 4.63. The number of aliphatic hydroxyl groups is 1. The molecule has 3 rings (SSSR count). The van der Waals surface area contributed by atoms with Gasteiger partial charge in [0.2, 0.25) is 0 Å². The van der Waals surface area contributed by atoms with Gasteiger partial charge in [-0.05, 0) is 31.1 Å². The smallest absolute Gasteiger partial charge is 0.151 e. The maximum absolute atomic E-state index is 9.21. The van der Waals surface area contributed by atoms with Gasteiger partial charge in [-0.15, -0.1) is 0 Å². The summed E-state index contributed by atoms with van der Waals surface area (Å²) in [6.07, 6.45) is 5.20. The minimum atomic E-state index is 0.263. The van der Waals surface area contributed by atoms with E-state index in [0.717, 1.165) is 57.1 Å². The topological polar surface area (TPSA) is 60.2 Å². The van der Waals surface area contributed by atoms with Gasteiger partial charge >= 0.3 is 0 Å². The van der Waals surface area contributed by atoms with Gasteiger partial charge in [-0.25, -0.2) is 9.67 Å². The van der Waals surface area contributed by atoms with Gasteiger partial charge in [-0.3, -0.25) is 0 Å². The molecule has 100 valence electrons. The number of rotatable bonds is 3. The van der Waals surface area contributed by atoms with Crippen molar-refractivity contribution in [1.82, 2.24) is 14.8 Å². The number of aromatic nitrogens is 3. The SMILES string of the molecule is OCC1CCn2nc(CC3CCCOC3)nc2C1. The van der Waals surface area contributed by atoms with Crippen LogP contribution in [-0.2, 0) is 24.1 Å². The van der Waals surface area contributed by atoms with E-state index in [2.05, 4.69) is 10.1 Å². The largest absolute Gasteiger partial charge is 0.396 e. The van der Waals surface area contributed by atoms with E-state index in [4.69, 9.17) is 4.74 Å². The van der Waals surface area contributed by atoms with Gasteiger partial charge < -0.3 is 9.84 Å². The molecule has 5 heteroatoms. The van der Waals surface area contributed by atoms with Crippen molar-refractivity contribution in [2.75, 3.05) is 19.8 Å². The van der Waals surface area contributed by atoms with Crippen LogP contribution in [0.2, 0.25) is 0 Å². The summed E-state index contributed by atoms with van der Waals surface area (Å²) in [5.74, 6) is 2.95. The number of hydrogen-bond donors (Lipinski definition) is 1. The number of hydrogen-bond acceptors (Lipinski definition) is 4. The highest BCUT2D eigenvalue weighted by Gasteiger charge is 2.23. The fourth-order valence-electron chi connectivity index (χ4n) is 2.89. The molecule has 1 fully saturated rings. The predicted molar refractivity (Wildman–Crippen MR) is 66.2 cm³/mol. The van der Waals surface area contributed by atoms with Crippen LogP contribution in [-0.4, -0.2) is 39.7 Å².